The van der Waals surface area contributed by atoms with E-state index in [9.17, 15) is 0 Å². The van der Waals surface area contributed by atoms with Crippen molar-refractivity contribution in [3.05, 3.63) is 69.9 Å². The molecule has 0 saturated heterocycles. The first-order chi connectivity index (χ1) is 10.7. The molecule has 0 amide bonds. The van der Waals surface area contributed by atoms with Crippen molar-refractivity contribution in [3.63, 3.8) is 0 Å². The molecular weight excluding hydrogens is 292 g/mol. The molecule has 0 saturated carbocycles. The van der Waals surface area contributed by atoms with E-state index in [2.05, 4.69) is 45.2 Å². The van der Waals surface area contributed by atoms with Gasteiger partial charge in [-0.1, -0.05) is 6.07 Å². The summed E-state index contributed by atoms with van der Waals surface area (Å²) in [5.74, 6) is 0. The lowest BCUT2D eigenvalue weighted by Gasteiger charge is -2.19. The minimum Gasteiger partial charge on any atom is -0.304 e. The Hall–Kier alpha value is -1.98. The fourth-order valence-corrected chi connectivity index (χ4v) is 3.26. The Morgan fingerprint density at radius 3 is 2.91 bits per heavy atom. The Morgan fingerprint density at radius 1 is 1.32 bits per heavy atom. The molecule has 0 spiro atoms. The van der Waals surface area contributed by atoms with Crippen LogP contribution < -0.4 is 5.32 Å². The summed E-state index contributed by atoms with van der Waals surface area (Å²) in [6, 6.07) is 6.49. The molecule has 3 aromatic rings. The molecule has 3 rings (SSSR count). The second kappa shape index (κ2) is 6.85. The maximum absolute atomic E-state index is 4.60. The molecule has 0 aliphatic carbocycles. The van der Waals surface area contributed by atoms with Gasteiger partial charge in [0, 0.05) is 31.5 Å². The van der Waals surface area contributed by atoms with Gasteiger partial charge in [-0.15, -0.1) is 0 Å². The molecule has 3 heterocycles. The Kier molecular flexibility index (Phi) is 4.65. The quantitative estimate of drug-likeness (QED) is 0.760. The van der Waals surface area contributed by atoms with Crippen LogP contribution in [0.2, 0.25) is 0 Å². The fourth-order valence-electron chi connectivity index (χ4n) is 2.58. The van der Waals surface area contributed by atoms with Gasteiger partial charge in [0.05, 0.1) is 17.9 Å². The molecular formula is C17H20N4S. The number of hydrogen-bond donors (Lipinski definition) is 1. The van der Waals surface area contributed by atoms with E-state index in [0.29, 0.717) is 0 Å². The van der Waals surface area contributed by atoms with Crippen LogP contribution >= 0.6 is 11.3 Å². The summed E-state index contributed by atoms with van der Waals surface area (Å²) < 4.78 is 1.83. The number of aromatic nitrogens is 3. The summed E-state index contributed by atoms with van der Waals surface area (Å²) in [6.07, 6.45) is 6.76. The van der Waals surface area contributed by atoms with E-state index in [1.165, 1.54) is 16.7 Å². The molecule has 3 aromatic heterocycles. The average Bonchev–Trinajstić information content (AvgIpc) is 3.16. The third kappa shape index (κ3) is 3.61. The Morgan fingerprint density at radius 2 is 2.23 bits per heavy atom. The molecule has 4 nitrogen and oxygen atoms in total. The minimum atomic E-state index is 0.205. The highest BCUT2D eigenvalue weighted by Crippen LogP contribution is 2.21. The van der Waals surface area contributed by atoms with Crippen molar-refractivity contribution in [2.45, 2.75) is 25.9 Å². The van der Waals surface area contributed by atoms with Crippen molar-refractivity contribution in [1.82, 2.24) is 20.1 Å². The number of rotatable bonds is 6. The number of hydrogen-bond acceptors (Lipinski definition) is 4. The van der Waals surface area contributed by atoms with Crippen LogP contribution in [0, 0.1) is 6.92 Å². The summed E-state index contributed by atoms with van der Waals surface area (Å²) in [5.41, 5.74) is 4.88. The van der Waals surface area contributed by atoms with Gasteiger partial charge in [-0.3, -0.25) is 9.67 Å². The zero-order valence-electron chi connectivity index (χ0n) is 12.9. The first-order valence-corrected chi connectivity index (χ1v) is 8.30. The van der Waals surface area contributed by atoms with Gasteiger partial charge >= 0.3 is 0 Å². The molecule has 1 N–H and O–H groups in total. The normalized spacial score (nSPS) is 12.5. The van der Waals surface area contributed by atoms with Gasteiger partial charge in [0.1, 0.15) is 0 Å². The summed E-state index contributed by atoms with van der Waals surface area (Å²) in [5, 5.41) is 12.2. The van der Waals surface area contributed by atoms with Gasteiger partial charge < -0.3 is 5.32 Å². The van der Waals surface area contributed by atoms with E-state index < -0.39 is 0 Å². The maximum atomic E-state index is 4.60. The van der Waals surface area contributed by atoms with E-state index in [1.807, 2.05) is 36.4 Å². The summed E-state index contributed by atoms with van der Waals surface area (Å²) in [6.45, 7) is 2.91. The van der Waals surface area contributed by atoms with Crippen molar-refractivity contribution in [3.8, 4) is 0 Å². The maximum Gasteiger partial charge on any atom is 0.0605 e. The number of aryl methyl sites for hydroxylation is 2. The lowest BCUT2D eigenvalue weighted by molar-refractivity contribution is 0.516. The van der Waals surface area contributed by atoms with Crippen LogP contribution in [0.5, 0.6) is 0 Å². The monoisotopic (exact) mass is 312 g/mol. The molecule has 0 aliphatic rings. The van der Waals surface area contributed by atoms with Crippen LogP contribution in [0.15, 0.2) is 47.5 Å². The highest BCUT2D eigenvalue weighted by molar-refractivity contribution is 7.07. The molecule has 1 atom stereocenters. The van der Waals surface area contributed by atoms with Gasteiger partial charge in [-0.2, -0.15) is 16.4 Å². The standard InChI is InChI=1S/C17H20N4S/c1-13-4-3-6-18-17(13)16(8-14-5-7-22-12-14)19-9-15-10-20-21(2)11-15/h3-7,10-12,16,19H,8-9H2,1-2H3. The highest BCUT2D eigenvalue weighted by Gasteiger charge is 2.16. The third-order valence-corrected chi connectivity index (χ3v) is 4.44. The van der Waals surface area contributed by atoms with Gasteiger partial charge in [-0.05, 0) is 47.4 Å². The summed E-state index contributed by atoms with van der Waals surface area (Å²) in [7, 11) is 1.94. The van der Waals surface area contributed by atoms with Crippen LogP contribution in [-0.2, 0) is 20.0 Å². The van der Waals surface area contributed by atoms with Crippen LogP contribution in [0.1, 0.15) is 28.4 Å². The van der Waals surface area contributed by atoms with Gasteiger partial charge in [0.2, 0.25) is 0 Å². The smallest absolute Gasteiger partial charge is 0.0605 e. The zero-order chi connectivity index (χ0) is 15.4. The predicted octanol–water partition coefficient (Wildman–Crippen LogP) is 3.26. The summed E-state index contributed by atoms with van der Waals surface area (Å²) >= 11 is 1.74. The van der Waals surface area contributed by atoms with Crippen LogP contribution in [0.25, 0.3) is 0 Å². The Balaban J connectivity index is 1.78. The van der Waals surface area contributed by atoms with Gasteiger partial charge in [0.25, 0.3) is 0 Å². The molecule has 0 radical (unpaired) electrons. The van der Waals surface area contributed by atoms with Crippen molar-refractivity contribution in [2.24, 2.45) is 7.05 Å². The highest BCUT2D eigenvalue weighted by atomic mass is 32.1. The molecule has 5 heteroatoms. The molecule has 0 bridgehead atoms. The first-order valence-electron chi connectivity index (χ1n) is 7.36. The minimum absolute atomic E-state index is 0.205. The van der Waals surface area contributed by atoms with E-state index in [0.717, 1.165) is 18.7 Å². The van der Waals surface area contributed by atoms with Crippen LogP contribution in [-0.4, -0.2) is 14.8 Å². The second-order valence-electron chi connectivity index (χ2n) is 5.50. The first kappa shape index (κ1) is 14.9. The lowest BCUT2D eigenvalue weighted by atomic mass is 10.0. The average molecular weight is 312 g/mol. The predicted molar refractivity (Wildman–Crippen MR) is 89.8 cm³/mol. The largest absolute Gasteiger partial charge is 0.304 e. The number of nitrogens with one attached hydrogen (secondary N) is 1. The molecule has 1 unspecified atom stereocenters. The topological polar surface area (TPSA) is 42.7 Å². The van der Waals surface area contributed by atoms with E-state index in [-0.39, 0.29) is 6.04 Å². The van der Waals surface area contributed by atoms with Crippen LogP contribution in [0.3, 0.4) is 0 Å². The van der Waals surface area contributed by atoms with Gasteiger partial charge in [-0.25, -0.2) is 0 Å². The van der Waals surface area contributed by atoms with E-state index in [1.54, 1.807) is 11.3 Å². The lowest BCUT2D eigenvalue weighted by Crippen LogP contribution is -2.24. The van der Waals surface area contributed by atoms with E-state index >= 15 is 0 Å². The molecule has 0 fully saturated rings. The van der Waals surface area contributed by atoms with Crippen LogP contribution in [0.4, 0.5) is 0 Å². The molecule has 114 valence electrons. The van der Waals surface area contributed by atoms with Crippen molar-refractivity contribution in [1.29, 1.82) is 0 Å². The van der Waals surface area contributed by atoms with Crippen molar-refractivity contribution >= 4 is 11.3 Å². The van der Waals surface area contributed by atoms with Gasteiger partial charge in [0.15, 0.2) is 0 Å². The Labute approximate surface area is 134 Å². The SMILES string of the molecule is Cc1cccnc1C(Cc1ccsc1)NCc1cnn(C)c1. The molecule has 22 heavy (non-hydrogen) atoms. The zero-order valence-corrected chi connectivity index (χ0v) is 13.7. The van der Waals surface area contributed by atoms with E-state index in [4.69, 9.17) is 0 Å². The summed E-state index contributed by atoms with van der Waals surface area (Å²) in [4.78, 5) is 4.60. The fraction of sp³-hybridized carbons (Fsp3) is 0.294. The van der Waals surface area contributed by atoms with Crippen molar-refractivity contribution in [2.75, 3.05) is 0 Å². The number of nitrogens with zero attached hydrogens (tertiary/aromatic N) is 3. The molecule has 0 aliphatic heterocycles. The number of pyridine rings is 1. The second-order valence-corrected chi connectivity index (χ2v) is 6.28. The number of thiophene rings is 1. The Bertz CT molecular complexity index is 718. The third-order valence-electron chi connectivity index (χ3n) is 3.71. The molecule has 0 aromatic carbocycles. The van der Waals surface area contributed by atoms with Crippen molar-refractivity contribution < 1.29 is 0 Å².